The van der Waals surface area contributed by atoms with Crippen molar-refractivity contribution in [2.24, 2.45) is 0 Å². The molecule has 1 N–H and O–H groups in total. The van der Waals surface area contributed by atoms with Crippen LogP contribution in [0.25, 0.3) is 0 Å². The molecule has 0 bridgehead atoms. The van der Waals surface area contributed by atoms with E-state index >= 15 is 0 Å². The van der Waals surface area contributed by atoms with E-state index in [4.69, 9.17) is 0 Å². The first-order chi connectivity index (χ1) is 16.3. The number of carbonyl (C=O) groups excluding carboxylic acids is 1. The summed E-state index contributed by atoms with van der Waals surface area (Å²) in [4.78, 5) is 12.4. The maximum atomic E-state index is 13.4. The first kappa shape index (κ1) is 25.7. The van der Waals surface area contributed by atoms with Crippen molar-refractivity contribution in [1.82, 2.24) is 5.32 Å². The highest BCUT2D eigenvalue weighted by atomic mass is 32.2. The molecular weight excluding hydrogens is 478 g/mol. The summed E-state index contributed by atoms with van der Waals surface area (Å²) in [7, 11) is -4.17. The second-order valence-electron chi connectivity index (χ2n) is 7.62. The third-order valence-corrected chi connectivity index (χ3v) is 7.99. The van der Waals surface area contributed by atoms with E-state index in [1.54, 1.807) is 11.8 Å². The monoisotopic (exact) mass is 504 g/mol. The summed E-state index contributed by atoms with van der Waals surface area (Å²) >= 11 is 1.76. The van der Waals surface area contributed by atoms with E-state index in [-0.39, 0.29) is 10.6 Å². The van der Waals surface area contributed by atoms with Gasteiger partial charge >= 0.3 is 0 Å². The number of anilines is 1. The summed E-state index contributed by atoms with van der Waals surface area (Å²) in [6.07, 6.45) is 0.726. The summed E-state index contributed by atoms with van der Waals surface area (Å²) in [5, 5.41) is 2.74. The first-order valence-electron chi connectivity index (χ1n) is 10.7. The minimum atomic E-state index is -4.17. The fourth-order valence-electron chi connectivity index (χ4n) is 3.20. The van der Waals surface area contributed by atoms with Crippen LogP contribution < -0.4 is 9.62 Å². The van der Waals surface area contributed by atoms with Gasteiger partial charge in [0.2, 0.25) is 5.91 Å². The Kier molecular flexibility index (Phi) is 9.06. The highest BCUT2D eigenvalue weighted by molar-refractivity contribution is 7.98. The fraction of sp³-hybridized carbons (Fsp3) is 0.240. The Morgan fingerprint density at radius 2 is 1.56 bits per heavy atom. The topological polar surface area (TPSA) is 66.5 Å². The molecule has 0 unspecified atom stereocenters. The van der Waals surface area contributed by atoms with Crippen molar-refractivity contribution in [2.75, 3.05) is 23.1 Å². The SMILES string of the molecule is Cc1ccccc1CSCCCNC(=O)CN(c1ccc(F)cc1)S(=O)(=O)c1ccc(F)cc1. The zero-order valence-corrected chi connectivity index (χ0v) is 20.3. The van der Waals surface area contributed by atoms with Gasteiger partial charge in [0.25, 0.3) is 10.0 Å². The predicted octanol–water partition coefficient (Wildman–Crippen LogP) is 4.91. The highest BCUT2D eigenvalue weighted by Crippen LogP contribution is 2.24. The number of nitrogens with one attached hydrogen (secondary N) is 1. The van der Waals surface area contributed by atoms with E-state index in [0.29, 0.717) is 6.54 Å². The number of thioether (sulfide) groups is 1. The zero-order chi connectivity index (χ0) is 24.6. The van der Waals surface area contributed by atoms with Crippen LogP contribution in [0.3, 0.4) is 0 Å². The summed E-state index contributed by atoms with van der Waals surface area (Å²) in [6.45, 7) is 1.98. The molecule has 0 fully saturated rings. The van der Waals surface area contributed by atoms with Crippen molar-refractivity contribution in [3.05, 3.63) is 95.6 Å². The van der Waals surface area contributed by atoms with Gasteiger partial charge < -0.3 is 5.32 Å². The number of benzene rings is 3. The van der Waals surface area contributed by atoms with Gasteiger partial charge in [0.05, 0.1) is 10.6 Å². The summed E-state index contributed by atoms with van der Waals surface area (Å²) in [6, 6.07) is 17.3. The molecule has 3 aromatic rings. The van der Waals surface area contributed by atoms with Gasteiger partial charge in [-0.1, -0.05) is 24.3 Å². The molecule has 0 atom stereocenters. The van der Waals surface area contributed by atoms with Gasteiger partial charge in [-0.3, -0.25) is 9.10 Å². The van der Waals surface area contributed by atoms with Crippen LogP contribution in [-0.4, -0.2) is 33.2 Å². The molecule has 0 aliphatic heterocycles. The van der Waals surface area contributed by atoms with Crippen LogP contribution in [0.2, 0.25) is 0 Å². The average Bonchev–Trinajstić information content (AvgIpc) is 2.82. The van der Waals surface area contributed by atoms with Gasteiger partial charge in [-0.25, -0.2) is 17.2 Å². The Hall–Kier alpha value is -2.91. The van der Waals surface area contributed by atoms with Crippen molar-refractivity contribution in [3.63, 3.8) is 0 Å². The van der Waals surface area contributed by atoms with E-state index in [0.717, 1.165) is 58.6 Å². The highest BCUT2D eigenvalue weighted by Gasteiger charge is 2.27. The molecule has 0 saturated carbocycles. The number of nitrogens with zero attached hydrogens (tertiary/aromatic N) is 1. The standard InChI is InChI=1S/C25H26F2N2O3S2/c1-19-5-2-3-6-20(19)18-33-16-4-15-28-25(30)17-29(23-11-7-21(26)8-12-23)34(31,32)24-13-9-22(27)10-14-24/h2-3,5-14H,4,15-18H2,1H3,(H,28,30). The molecule has 3 rings (SSSR count). The number of carbonyl (C=O) groups is 1. The van der Waals surface area contributed by atoms with Gasteiger partial charge in [0, 0.05) is 12.3 Å². The number of hydrogen-bond acceptors (Lipinski definition) is 4. The van der Waals surface area contributed by atoms with Gasteiger partial charge in [-0.15, -0.1) is 0 Å². The lowest BCUT2D eigenvalue weighted by atomic mass is 10.1. The normalized spacial score (nSPS) is 11.3. The Balaban J connectivity index is 1.59. The van der Waals surface area contributed by atoms with E-state index in [9.17, 15) is 22.0 Å². The molecule has 0 spiro atoms. The second-order valence-corrected chi connectivity index (χ2v) is 10.6. The minimum Gasteiger partial charge on any atom is -0.354 e. The molecule has 0 aliphatic rings. The van der Waals surface area contributed by atoms with E-state index in [1.165, 1.54) is 23.3 Å². The minimum absolute atomic E-state index is 0.134. The zero-order valence-electron chi connectivity index (χ0n) is 18.7. The molecule has 0 aromatic heterocycles. The van der Waals surface area contributed by atoms with Crippen molar-refractivity contribution < 1.29 is 22.0 Å². The molecule has 0 saturated heterocycles. The maximum absolute atomic E-state index is 13.4. The number of rotatable bonds is 11. The molecule has 5 nitrogen and oxygen atoms in total. The molecule has 0 radical (unpaired) electrons. The van der Waals surface area contributed by atoms with E-state index < -0.39 is 34.1 Å². The number of halogens is 2. The largest absolute Gasteiger partial charge is 0.354 e. The van der Waals surface area contributed by atoms with Crippen molar-refractivity contribution >= 4 is 33.4 Å². The van der Waals surface area contributed by atoms with Gasteiger partial charge in [0.15, 0.2) is 0 Å². The van der Waals surface area contributed by atoms with E-state index in [2.05, 4.69) is 24.4 Å². The van der Waals surface area contributed by atoms with Crippen LogP contribution in [0.1, 0.15) is 17.5 Å². The lowest BCUT2D eigenvalue weighted by Gasteiger charge is -2.24. The Morgan fingerprint density at radius 3 is 2.21 bits per heavy atom. The molecule has 9 heteroatoms. The van der Waals surface area contributed by atoms with Crippen molar-refractivity contribution in [1.29, 1.82) is 0 Å². The smallest absolute Gasteiger partial charge is 0.264 e. The number of sulfonamides is 1. The first-order valence-corrected chi connectivity index (χ1v) is 13.3. The van der Waals surface area contributed by atoms with Crippen LogP contribution >= 0.6 is 11.8 Å². The van der Waals surface area contributed by atoms with Crippen LogP contribution in [0.5, 0.6) is 0 Å². The quantitative estimate of drug-likeness (QED) is 0.377. The molecule has 3 aromatic carbocycles. The van der Waals surface area contributed by atoms with Crippen LogP contribution in [-0.2, 0) is 20.6 Å². The molecular formula is C25H26F2N2O3S2. The van der Waals surface area contributed by atoms with Crippen LogP contribution in [0, 0.1) is 18.6 Å². The molecule has 34 heavy (non-hydrogen) atoms. The summed E-state index contributed by atoms with van der Waals surface area (Å²) in [5.41, 5.74) is 2.65. The lowest BCUT2D eigenvalue weighted by molar-refractivity contribution is -0.119. The van der Waals surface area contributed by atoms with Crippen molar-refractivity contribution in [3.8, 4) is 0 Å². The third-order valence-electron chi connectivity index (χ3n) is 5.11. The number of amides is 1. The molecule has 0 heterocycles. The Labute approximate surface area is 203 Å². The van der Waals surface area contributed by atoms with Gasteiger partial charge in [-0.05, 0) is 78.8 Å². The van der Waals surface area contributed by atoms with Crippen LogP contribution in [0.15, 0.2) is 77.7 Å². The Bertz CT molecular complexity index is 1200. The maximum Gasteiger partial charge on any atom is 0.264 e. The van der Waals surface area contributed by atoms with Gasteiger partial charge in [0.1, 0.15) is 18.2 Å². The van der Waals surface area contributed by atoms with Gasteiger partial charge in [-0.2, -0.15) is 11.8 Å². The molecule has 1 amide bonds. The fourth-order valence-corrected chi connectivity index (χ4v) is 5.66. The van der Waals surface area contributed by atoms with E-state index in [1.807, 2.05) is 12.1 Å². The molecule has 180 valence electrons. The second kappa shape index (κ2) is 12.0. The predicted molar refractivity (Wildman–Crippen MR) is 132 cm³/mol. The third kappa shape index (κ3) is 7.04. The summed E-state index contributed by atoms with van der Waals surface area (Å²) < 4.78 is 53.9. The van der Waals surface area contributed by atoms with Crippen LogP contribution in [0.4, 0.5) is 14.5 Å². The number of aryl methyl sites for hydroxylation is 1. The summed E-state index contributed by atoms with van der Waals surface area (Å²) in [5.74, 6) is 0.124. The Morgan fingerprint density at radius 1 is 0.941 bits per heavy atom. The van der Waals surface area contributed by atoms with Crippen molar-refractivity contribution in [2.45, 2.75) is 24.0 Å². The average molecular weight is 505 g/mol. The number of hydrogen-bond donors (Lipinski definition) is 1. The molecule has 0 aliphatic carbocycles. The lowest BCUT2D eigenvalue weighted by Crippen LogP contribution is -2.41.